The lowest BCUT2D eigenvalue weighted by atomic mass is 10.2. The molecule has 0 unspecified atom stereocenters. The van der Waals surface area contributed by atoms with E-state index in [4.69, 9.17) is 10.2 Å². The molecular formula is C13H12N2O6S. The van der Waals surface area contributed by atoms with E-state index in [1.54, 1.807) is 12.1 Å². The van der Waals surface area contributed by atoms with E-state index < -0.39 is 28.5 Å². The first kappa shape index (κ1) is 15.8. The fourth-order valence-electron chi connectivity index (χ4n) is 1.88. The van der Waals surface area contributed by atoms with Gasteiger partial charge in [-0.2, -0.15) is 0 Å². The highest BCUT2D eigenvalue weighted by Gasteiger charge is 2.40. The number of hydrogen-bond acceptors (Lipinski definition) is 6. The summed E-state index contributed by atoms with van der Waals surface area (Å²) < 4.78 is 0. The SMILES string of the molecule is O=C(O)CCN1C(=O)S[C@H](Nc2ccccc2C(=O)O)C1=O. The minimum Gasteiger partial charge on any atom is -0.481 e. The summed E-state index contributed by atoms with van der Waals surface area (Å²) in [7, 11) is 0. The second kappa shape index (κ2) is 6.48. The molecule has 1 heterocycles. The average molecular weight is 324 g/mol. The van der Waals surface area contributed by atoms with Gasteiger partial charge in [-0.25, -0.2) is 4.79 Å². The molecule has 2 rings (SSSR count). The lowest BCUT2D eigenvalue weighted by Gasteiger charge is -2.15. The second-order valence-electron chi connectivity index (χ2n) is 4.39. The molecule has 0 saturated carbocycles. The van der Waals surface area contributed by atoms with Crippen molar-refractivity contribution >= 4 is 40.5 Å². The number of carboxylic acids is 2. The number of aliphatic carboxylic acids is 1. The Hall–Kier alpha value is -2.55. The summed E-state index contributed by atoms with van der Waals surface area (Å²) in [4.78, 5) is 46.3. The molecule has 1 fully saturated rings. The van der Waals surface area contributed by atoms with Crippen LogP contribution in [-0.4, -0.2) is 50.1 Å². The van der Waals surface area contributed by atoms with Crippen molar-refractivity contribution in [1.82, 2.24) is 4.90 Å². The number of nitrogens with one attached hydrogen (secondary N) is 1. The summed E-state index contributed by atoms with van der Waals surface area (Å²) in [6.07, 6.45) is -0.337. The number of carboxylic acid groups (broad SMARTS) is 2. The van der Waals surface area contributed by atoms with Gasteiger partial charge in [-0.1, -0.05) is 12.1 Å². The number of imide groups is 1. The third kappa shape index (κ3) is 3.37. The largest absolute Gasteiger partial charge is 0.481 e. The number of nitrogens with zero attached hydrogens (tertiary/aromatic N) is 1. The first-order chi connectivity index (χ1) is 10.4. The van der Waals surface area contributed by atoms with Crippen molar-refractivity contribution < 1.29 is 29.4 Å². The Kier molecular flexibility index (Phi) is 4.66. The molecule has 116 valence electrons. The normalized spacial score (nSPS) is 17.6. The fraction of sp³-hybridized carbons (Fsp3) is 0.231. The number of anilines is 1. The summed E-state index contributed by atoms with van der Waals surface area (Å²) in [5.74, 6) is -2.86. The zero-order valence-corrected chi connectivity index (χ0v) is 12.0. The molecule has 0 spiro atoms. The van der Waals surface area contributed by atoms with Crippen LogP contribution in [0.4, 0.5) is 10.5 Å². The Bertz CT molecular complexity index is 647. The number of thioether (sulfide) groups is 1. The Morgan fingerprint density at radius 2 is 1.91 bits per heavy atom. The third-order valence-corrected chi connectivity index (χ3v) is 3.90. The van der Waals surface area contributed by atoms with E-state index in [9.17, 15) is 19.2 Å². The van der Waals surface area contributed by atoms with Crippen molar-refractivity contribution in [2.75, 3.05) is 11.9 Å². The van der Waals surface area contributed by atoms with Gasteiger partial charge in [0.2, 0.25) is 0 Å². The maximum absolute atomic E-state index is 12.1. The molecule has 0 bridgehead atoms. The molecule has 2 amide bonds. The lowest BCUT2D eigenvalue weighted by Crippen LogP contribution is -2.36. The van der Waals surface area contributed by atoms with Crippen LogP contribution in [0.15, 0.2) is 24.3 Å². The Labute approximate surface area is 129 Å². The molecule has 22 heavy (non-hydrogen) atoms. The number of para-hydroxylation sites is 1. The van der Waals surface area contributed by atoms with E-state index in [1.807, 2.05) is 0 Å². The minimum absolute atomic E-state index is 0.0210. The Balaban J connectivity index is 2.12. The topological polar surface area (TPSA) is 124 Å². The van der Waals surface area contributed by atoms with Gasteiger partial charge < -0.3 is 15.5 Å². The number of benzene rings is 1. The highest BCUT2D eigenvalue weighted by atomic mass is 32.2. The van der Waals surface area contributed by atoms with Crippen LogP contribution in [0.5, 0.6) is 0 Å². The quantitative estimate of drug-likeness (QED) is 0.715. The molecule has 1 aliphatic heterocycles. The second-order valence-corrected chi connectivity index (χ2v) is 5.45. The maximum atomic E-state index is 12.1. The molecule has 1 aromatic rings. The summed E-state index contributed by atoms with van der Waals surface area (Å²) in [6.45, 7) is -0.210. The molecule has 0 radical (unpaired) electrons. The van der Waals surface area contributed by atoms with Crippen molar-refractivity contribution in [2.24, 2.45) is 0 Å². The Morgan fingerprint density at radius 1 is 1.23 bits per heavy atom. The summed E-state index contributed by atoms with van der Waals surface area (Å²) in [5.41, 5.74) is 0.195. The van der Waals surface area contributed by atoms with Crippen LogP contribution < -0.4 is 5.32 Å². The molecule has 0 aromatic heterocycles. The molecule has 0 aliphatic carbocycles. The summed E-state index contributed by atoms with van der Waals surface area (Å²) in [5, 5.41) is 18.9. The van der Waals surface area contributed by atoms with E-state index in [1.165, 1.54) is 12.1 Å². The van der Waals surface area contributed by atoms with Crippen LogP contribution in [-0.2, 0) is 9.59 Å². The molecule has 1 aromatic carbocycles. The number of rotatable bonds is 6. The van der Waals surface area contributed by atoms with Crippen LogP contribution in [0.1, 0.15) is 16.8 Å². The minimum atomic E-state index is -1.16. The van der Waals surface area contributed by atoms with Crippen LogP contribution in [0.2, 0.25) is 0 Å². The van der Waals surface area contributed by atoms with Crippen LogP contribution >= 0.6 is 11.8 Å². The van der Waals surface area contributed by atoms with Gasteiger partial charge in [0.05, 0.1) is 12.0 Å². The monoisotopic (exact) mass is 324 g/mol. The molecule has 9 heteroatoms. The average Bonchev–Trinajstić information content (AvgIpc) is 2.71. The summed E-state index contributed by atoms with van der Waals surface area (Å²) in [6, 6.07) is 6.01. The van der Waals surface area contributed by atoms with E-state index in [2.05, 4.69) is 5.32 Å². The van der Waals surface area contributed by atoms with Gasteiger partial charge >= 0.3 is 11.9 Å². The number of hydrogen-bond donors (Lipinski definition) is 3. The van der Waals surface area contributed by atoms with Crippen molar-refractivity contribution in [1.29, 1.82) is 0 Å². The molecular weight excluding hydrogens is 312 g/mol. The predicted octanol–water partition coefficient (Wildman–Crippen LogP) is 1.29. The van der Waals surface area contributed by atoms with Crippen molar-refractivity contribution in [2.45, 2.75) is 11.8 Å². The van der Waals surface area contributed by atoms with E-state index in [0.29, 0.717) is 11.8 Å². The summed E-state index contributed by atoms with van der Waals surface area (Å²) >= 11 is 0.689. The maximum Gasteiger partial charge on any atom is 0.337 e. The third-order valence-electron chi connectivity index (χ3n) is 2.92. The molecule has 1 atom stereocenters. The van der Waals surface area contributed by atoms with Crippen molar-refractivity contribution in [3.63, 3.8) is 0 Å². The van der Waals surface area contributed by atoms with Crippen molar-refractivity contribution in [3.8, 4) is 0 Å². The van der Waals surface area contributed by atoms with Gasteiger partial charge in [0, 0.05) is 12.2 Å². The highest BCUT2D eigenvalue weighted by Crippen LogP contribution is 2.29. The predicted molar refractivity (Wildman–Crippen MR) is 77.8 cm³/mol. The number of aromatic carboxylic acids is 1. The Morgan fingerprint density at radius 3 is 2.55 bits per heavy atom. The first-order valence-electron chi connectivity index (χ1n) is 6.23. The first-order valence-corrected chi connectivity index (χ1v) is 7.10. The molecule has 1 aliphatic rings. The van der Waals surface area contributed by atoms with E-state index in [-0.39, 0.29) is 24.2 Å². The molecule has 3 N–H and O–H groups in total. The van der Waals surface area contributed by atoms with Gasteiger partial charge in [-0.15, -0.1) is 0 Å². The van der Waals surface area contributed by atoms with Gasteiger partial charge in [-0.3, -0.25) is 19.3 Å². The van der Waals surface area contributed by atoms with E-state index in [0.717, 1.165) is 4.90 Å². The number of amides is 2. The van der Waals surface area contributed by atoms with Crippen molar-refractivity contribution in [3.05, 3.63) is 29.8 Å². The van der Waals surface area contributed by atoms with Gasteiger partial charge in [0.25, 0.3) is 11.1 Å². The number of carbonyl (C=O) groups is 4. The van der Waals surface area contributed by atoms with Gasteiger partial charge in [0.15, 0.2) is 5.37 Å². The molecule has 8 nitrogen and oxygen atoms in total. The number of carbonyl (C=O) groups excluding carboxylic acids is 2. The standard InChI is InChI=1S/C13H12N2O6S/c16-9(17)5-6-15-11(18)10(22-13(15)21)14-8-4-2-1-3-7(8)12(19)20/h1-4,10,14H,5-6H2,(H,16,17)(H,19,20)/t10-/m0/s1. The van der Waals surface area contributed by atoms with Crippen LogP contribution in [0.3, 0.4) is 0 Å². The van der Waals surface area contributed by atoms with E-state index >= 15 is 0 Å². The van der Waals surface area contributed by atoms with Gasteiger partial charge in [-0.05, 0) is 23.9 Å². The fourth-order valence-corrected chi connectivity index (χ4v) is 2.81. The zero-order valence-electron chi connectivity index (χ0n) is 11.2. The van der Waals surface area contributed by atoms with Gasteiger partial charge in [0.1, 0.15) is 0 Å². The lowest BCUT2D eigenvalue weighted by molar-refractivity contribution is -0.137. The smallest absolute Gasteiger partial charge is 0.337 e. The van der Waals surface area contributed by atoms with Crippen LogP contribution in [0.25, 0.3) is 0 Å². The highest BCUT2D eigenvalue weighted by molar-refractivity contribution is 8.15. The van der Waals surface area contributed by atoms with Crippen LogP contribution in [0, 0.1) is 0 Å². The zero-order chi connectivity index (χ0) is 16.3. The molecule has 1 saturated heterocycles.